The molecule has 1 fully saturated rings. The summed E-state index contributed by atoms with van der Waals surface area (Å²) in [5.41, 5.74) is 2.35. The molecule has 134 valence electrons. The molecule has 1 aliphatic rings. The van der Waals surface area contributed by atoms with Gasteiger partial charge in [0.2, 0.25) is 0 Å². The third kappa shape index (κ3) is 4.10. The number of carbonyl (C=O) groups excluding carboxylic acids is 2. The predicted molar refractivity (Wildman–Crippen MR) is 96.5 cm³/mol. The maximum Gasteiger partial charge on any atom is 0.315 e. The molecule has 0 spiro atoms. The van der Waals surface area contributed by atoms with Gasteiger partial charge in [0.25, 0.3) is 5.91 Å². The standard InChI is InChI=1S/C18H25N5O2/c1-22(2)17(24)13-7-8-16-15(11-13)20-12-23(16)10-9-19-18(25)21-14-5-3-4-6-14/h7-8,11-12,14H,3-6,9-10H2,1-2H3,(H2,19,21,25). The number of benzene rings is 1. The van der Waals surface area contributed by atoms with E-state index in [4.69, 9.17) is 0 Å². The summed E-state index contributed by atoms with van der Waals surface area (Å²) in [4.78, 5) is 29.8. The van der Waals surface area contributed by atoms with Crippen LogP contribution in [0.15, 0.2) is 24.5 Å². The zero-order valence-electron chi connectivity index (χ0n) is 14.8. The molecule has 3 amide bonds. The number of nitrogens with zero attached hydrogens (tertiary/aromatic N) is 3. The van der Waals surface area contributed by atoms with Crippen molar-refractivity contribution in [2.75, 3.05) is 20.6 Å². The summed E-state index contributed by atoms with van der Waals surface area (Å²) in [6, 6.07) is 5.73. The molecule has 3 rings (SSSR count). The highest BCUT2D eigenvalue weighted by atomic mass is 16.2. The van der Waals surface area contributed by atoms with Crippen LogP contribution in [0.4, 0.5) is 4.79 Å². The van der Waals surface area contributed by atoms with Crippen LogP contribution < -0.4 is 10.6 Å². The van der Waals surface area contributed by atoms with E-state index in [0.29, 0.717) is 24.7 Å². The van der Waals surface area contributed by atoms with Crippen LogP contribution in [0.2, 0.25) is 0 Å². The van der Waals surface area contributed by atoms with Crippen molar-refractivity contribution in [3.8, 4) is 0 Å². The first-order chi connectivity index (χ1) is 12.0. The van der Waals surface area contributed by atoms with Crippen molar-refractivity contribution in [1.82, 2.24) is 25.1 Å². The fourth-order valence-corrected chi connectivity index (χ4v) is 3.23. The van der Waals surface area contributed by atoms with Crippen molar-refractivity contribution in [3.63, 3.8) is 0 Å². The molecule has 0 saturated heterocycles. The van der Waals surface area contributed by atoms with Crippen LogP contribution in [0.5, 0.6) is 0 Å². The average Bonchev–Trinajstić information content (AvgIpc) is 3.23. The van der Waals surface area contributed by atoms with E-state index in [0.717, 1.165) is 23.9 Å². The van der Waals surface area contributed by atoms with Crippen molar-refractivity contribution in [1.29, 1.82) is 0 Å². The largest absolute Gasteiger partial charge is 0.345 e. The fraction of sp³-hybridized carbons (Fsp3) is 0.500. The van der Waals surface area contributed by atoms with Gasteiger partial charge in [-0.25, -0.2) is 9.78 Å². The first-order valence-electron chi connectivity index (χ1n) is 8.75. The Hall–Kier alpha value is -2.57. The molecule has 1 heterocycles. The Kier molecular flexibility index (Phi) is 5.21. The van der Waals surface area contributed by atoms with Crippen LogP contribution in [-0.4, -0.2) is 53.1 Å². The monoisotopic (exact) mass is 343 g/mol. The van der Waals surface area contributed by atoms with Crippen LogP contribution in [0.3, 0.4) is 0 Å². The Morgan fingerprint density at radius 3 is 2.76 bits per heavy atom. The molecule has 1 aromatic heterocycles. The molecule has 2 aromatic rings. The number of amides is 3. The number of nitrogens with one attached hydrogen (secondary N) is 2. The number of hydrogen-bond donors (Lipinski definition) is 2. The lowest BCUT2D eigenvalue weighted by molar-refractivity contribution is 0.0827. The lowest BCUT2D eigenvalue weighted by Gasteiger charge is -2.13. The highest BCUT2D eigenvalue weighted by Gasteiger charge is 2.16. The Bertz CT molecular complexity index is 762. The number of hydrogen-bond acceptors (Lipinski definition) is 3. The summed E-state index contributed by atoms with van der Waals surface area (Å²) in [6.45, 7) is 1.16. The first-order valence-corrected chi connectivity index (χ1v) is 8.75. The van der Waals surface area contributed by atoms with Gasteiger partial charge in [0.15, 0.2) is 0 Å². The van der Waals surface area contributed by atoms with Gasteiger partial charge in [0.05, 0.1) is 17.4 Å². The molecule has 0 unspecified atom stereocenters. The van der Waals surface area contributed by atoms with Gasteiger partial charge in [0, 0.05) is 38.8 Å². The summed E-state index contributed by atoms with van der Waals surface area (Å²) in [7, 11) is 3.46. The molecule has 7 heteroatoms. The van der Waals surface area contributed by atoms with Crippen molar-refractivity contribution in [2.24, 2.45) is 0 Å². The van der Waals surface area contributed by atoms with Crippen molar-refractivity contribution >= 4 is 23.0 Å². The zero-order valence-corrected chi connectivity index (χ0v) is 14.8. The minimum Gasteiger partial charge on any atom is -0.345 e. The molecule has 0 bridgehead atoms. The molecule has 7 nitrogen and oxygen atoms in total. The van der Waals surface area contributed by atoms with E-state index < -0.39 is 0 Å². The topological polar surface area (TPSA) is 79.3 Å². The second-order valence-electron chi connectivity index (χ2n) is 6.72. The molecular weight excluding hydrogens is 318 g/mol. The summed E-state index contributed by atoms with van der Waals surface area (Å²) < 4.78 is 1.98. The van der Waals surface area contributed by atoms with E-state index >= 15 is 0 Å². The predicted octanol–water partition coefficient (Wildman–Crippen LogP) is 1.98. The van der Waals surface area contributed by atoms with Crippen molar-refractivity contribution in [3.05, 3.63) is 30.1 Å². The summed E-state index contributed by atoms with van der Waals surface area (Å²) in [5, 5.41) is 5.91. The van der Waals surface area contributed by atoms with Crippen molar-refractivity contribution < 1.29 is 9.59 Å². The maximum absolute atomic E-state index is 12.0. The SMILES string of the molecule is CN(C)C(=O)c1ccc2c(c1)ncn2CCNC(=O)NC1CCCC1. The zero-order chi connectivity index (χ0) is 17.8. The normalized spacial score (nSPS) is 14.6. The van der Waals surface area contributed by atoms with Crippen LogP contribution >= 0.6 is 0 Å². The lowest BCUT2D eigenvalue weighted by Crippen LogP contribution is -2.41. The van der Waals surface area contributed by atoms with Gasteiger partial charge in [-0.05, 0) is 31.0 Å². The molecule has 1 aliphatic carbocycles. The van der Waals surface area contributed by atoms with Crippen molar-refractivity contribution in [2.45, 2.75) is 38.3 Å². The second-order valence-corrected chi connectivity index (χ2v) is 6.72. The Morgan fingerprint density at radius 2 is 2.04 bits per heavy atom. The Morgan fingerprint density at radius 1 is 1.28 bits per heavy atom. The quantitative estimate of drug-likeness (QED) is 0.871. The minimum absolute atomic E-state index is 0.0401. The third-order valence-electron chi connectivity index (χ3n) is 4.60. The number of fused-ring (bicyclic) bond motifs is 1. The number of urea groups is 1. The summed E-state index contributed by atoms with van der Waals surface area (Å²) in [5.74, 6) is -0.0401. The van der Waals surface area contributed by atoms with Gasteiger partial charge in [0.1, 0.15) is 0 Å². The molecule has 25 heavy (non-hydrogen) atoms. The molecule has 1 saturated carbocycles. The van der Waals surface area contributed by atoms with E-state index in [2.05, 4.69) is 15.6 Å². The van der Waals surface area contributed by atoms with E-state index in [1.165, 1.54) is 12.8 Å². The van der Waals surface area contributed by atoms with Gasteiger partial charge in [-0.1, -0.05) is 12.8 Å². The van der Waals surface area contributed by atoms with E-state index in [1.807, 2.05) is 16.7 Å². The maximum atomic E-state index is 12.0. The number of carbonyl (C=O) groups is 2. The van der Waals surface area contributed by atoms with Crippen LogP contribution in [0.1, 0.15) is 36.0 Å². The van der Waals surface area contributed by atoms with Crippen LogP contribution in [0, 0.1) is 0 Å². The minimum atomic E-state index is -0.102. The number of aromatic nitrogens is 2. The van der Waals surface area contributed by atoms with Gasteiger partial charge >= 0.3 is 6.03 Å². The molecule has 0 aliphatic heterocycles. The smallest absolute Gasteiger partial charge is 0.315 e. The lowest BCUT2D eigenvalue weighted by atomic mass is 10.2. The van der Waals surface area contributed by atoms with E-state index in [9.17, 15) is 9.59 Å². The van der Waals surface area contributed by atoms with Gasteiger partial charge in [-0.2, -0.15) is 0 Å². The summed E-state index contributed by atoms with van der Waals surface area (Å²) in [6.07, 6.45) is 6.29. The molecule has 2 N–H and O–H groups in total. The second kappa shape index (κ2) is 7.55. The van der Waals surface area contributed by atoms with Crippen LogP contribution in [-0.2, 0) is 6.54 Å². The number of imidazole rings is 1. The molecular formula is C18H25N5O2. The van der Waals surface area contributed by atoms with E-state index in [-0.39, 0.29) is 11.9 Å². The average molecular weight is 343 g/mol. The Labute approximate surface area is 147 Å². The van der Waals surface area contributed by atoms with Crippen LogP contribution in [0.25, 0.3) is 11.0 Å². The first kappa shape index (κ1) is 17.3. The molecule has 0 atom stereocenters. The highest BCUT2D eigenvalue weighted by Crippen LogP contribution is 2.17. The molecule has 1 aromatic carbocycles. The fourth-order valence-electron chi connectivity index (χ4n) is 3.23. The third-order valence-corrected chi connectivity index (χ3v) is 4.60. The number of rotatable bonds is 5. The van der Waals surface area contributed by atoms with Gasteiger partial charge in [-0.15, -0.1) is 0 Å². The van der Waals surface area contributed by atoms with Gasteiger partial charge in [-0.3, -0.25) is 4.79 Å². The Balaban J connectivity index is 1.56. The highest BCUT2D eigenvalue weighted by molar-refractivity contribution is 5.97. The van der Waals surface area contributed by atoms with Gasteiger partial charge < -0.3 is 20.1 Å². The summed E-state index contributed by atoms with van der Waals surface area (Å²) >= 11 is 0. The van der Waals surface area contributed by atoms with E-state index in [1.54, 1.807) is 31.4 Å². The molecule has 0 radical (unpaired) electrons.